The second-order valence-electron chi connectivity index (χ2n) is 7.88. The van der Waals surface area contributed by atoms with Gasteiger partial charge in [-0.3, -0.25) is 9.35 Å². The molecule has 0 spiro atoms. The lowest BCUT2D eigenvalue weighted by atomic mass is 10.0. The van der Waals surface area contributed by atoms with Crippen LogP contribution in [0.15, 0.2) is 35.2 Å². The van der Waals surface area contributed by atoms with Gasteiger partial charge in [0.1, 0.15) is 0 Å². The minimum atomic E-state index is -4.00. The molecule has 0 atom stereocenters. The molecule has 0 saturated carbocycles. The van der Waals surface area contributed by atoms with E-state index in [9.17, 15) is 13.2 Å². The molecule has 0 bridgehead atoms. The van der Waals surface area contributed by atoms with Gasteiger partial charge in [-0.2, -0.15) is 8.42 Å². The fourth-order valence-corrected chi connectivity index (χ4v) is 3.74. The van der Waals surface area contributed by atoms with Gasteiger partial charge in [-0.15, -0.1) is 0 Å². The van der Waals surface area contributed by atoms with Crippen LogP contribution in [-0.2, 0) is 14.9 Å². The molecule has 0 aliphatic heterocycles. The Labute approximate surface area is 184 Å². The Kier molecular flexibility index (Phi) is 18.6. The first-order chi connectivity index (χ1) is 14.4. The molecule has 1 aromatic carbocycles. The van der Waals surface area contributed by atoms with Crippen LogP contribution in [0, 0.1) is 0 Å². The van der Waals surface area contributed by atoms with E-state index < -0.39 is 16.1 Å². The van der Waals surface area contributed by atoms with E-state index in [0.717, 1.165) is 12.8 Å². The molecular weight excluding hydrogens is 400 g/mol. The molecule has 2 N–H and O–H groups in total. The van der Waals surface area contributed by atoms with Crippen molar-refractivity contribution in [2.45, 2.75) is 115 Å². The Morgan fingerprint density at radius 2 is 1.07 bits per heavy atom. The number of carboxylic acid groups (broad SMARTS) is 1. The number of carboxylic acids is 1. The molecule has 0 aliphatic rings. The highest BCUT2D eigenvalue weighted by atomic mass is 32.2. The number of unbranched alkanes of at least 4 members (excludes halogenated alkanes) is 14. The van der Waals surface area contributed by atoms with Crippen molar-refractivity contribution in [1.29, 1.82) is 0 Å². The van der Waals surface area contributed by atoms with Gasteiger partial charge in [0.2, 0.25) is 0 Å². The summed E-state index contributed by atoms with van der Waals surface area (Å²) in [5.41, 5.74) is 0. The molecule has 0 aromatic heterocycles. The highest BCUT2D eigenvalue weighted by Gasteiger charge is 2.05. The highest BCUT2D eigenvalue weighted by molar-refractivity contribution is 7.85. The SMILES string of the molecule is CCCCCCCCCCCCCCCCCC(=O)O.O=S(=O)(O)c1ccccc1. The lowest BCUT2D eigenvalue weighted by molar-refractivity contribution is -0.137. The highest BCUT2D eigenvalue weighted by Crippen LogP contribution is 2.13. The summed E-state index contributed by atoms with van der Waals surface area (Å²) in [5, 5.41) is 8.52. The van der Waals surface area contributed by atoms with Gasteiger partial charge in [0.15, 0.2) is 0 Å². The lowest BCUT2D eigenvalue weighted by Gasteiger charge is -2.03. The molecule has 0 amide bonds. The van der Waals surface area contributed by atoms with Crippen LogP contribution in [0.25, 0.3) is 0 Å². The van der Waals surface area contributed by atoms with Crippen molar-refractivity contribution in [3.63, 3.8) is 0 Å². The van der Waals surface area contributed by atoms with Crippen molar-refractivity contribution in [3.8, 4) is 0 Å². The molecule has 0 unspecified atom stereocenters. The van der Waals surface area contributed by atoms with Gasteiger partial charge in [-0.1, -0.05) is 115 Å². The Hall–Kier alpha value is -1.40. The molecule has 0 fully saturated rings. The van der Waals surface area contributed by atoms with Crippen LogP contribution in [0.2, 0.25) is 0 Å². The lowest BCUT2D eigenvalue weighted by Crippen LogP contribution is -1.96. The Balaban J connectivity index is 0.000000696. The summed E-state index contributed by atoms with van der Waals surface area (Å²) in [6, 6.07) is 7.42. The minimum Gasteiger partial charge on any atom is -0.481 e. The second kappa shape index (κ2) is 19.6. The molecule has 1 rings (SSSR count). The average Bonchev–Trinajstić information content (AvgIpc) is 2.71. The minimum absolute atomic E-state index is 0.0741. The zero-order valence-electron chi connectivity index (χ0n) is 18.7. The first-order valence-corrected chi connectivity index (χ1v) is 13.1. The normalized spacial score (nSPS) is 11.0. The van der Waals surface area contributed by atoms with E-state index in [4.69, 9.17) is 9.66 Å². The van der Waals surface area contributed by atoms with Crippen LogP contribution in [-0.4, -0.2) is 24.0 Å². The zero-order valence-corrected chi connectivity index (χ0v) is 19.5. The van der Waals surface area contributed by atoms with E-state index in [1.54, 1.807) is 18.2 Å². The molecule has 5 nitrogen and oxygen atoms in total. The molecule has 0 heterocycles. The van der Waals surface area contributed by atoms with Crippen LogP contribution in [0.5, 0.6) is 0 Å². The zero-order chi connectivity index (χ0) is 22.5. The smallest absolute Gasteiger partial charge is 0.303 e. The predicted molar refractivity (Wildman–Crippen MR) is 123 cm³/mol. The quantitative estimate of drug-likeness (QED) is 0.195. The van der Waals surface area contributed by atoms with E-state index in [2.05, 4.69) is 6.92 Å². The topological polar surface area (TPSA) is 91.7 Å². The summed E-state index contributed by atoms with van der Waals surface area (Å²) >= 11 is 0. The van der Waals surface area contributed by atoms with Crippen molar-refractivity contribution in [3.05, 3.63) is 30.3 Å². The van der Waals surface area contributed by atoms with E-state index in [0.29, 0.717) is 6.42 Å². The molecule has 0 saturated heterocycles. The Morgan fingerprint density at radius 1 is 0.700 bits per heavy atom. The van der Waals surface area contributed by atoms with Gasteiger partial charge in [0, 0.05) is 6.42 Å². The maximum atomic E-state index is 10.4. The Morgan fingerprint density at radius 3 is 1.37 bits per heavy atom. The van der Waals surface area contributed by atoms with Gasteiger partial charge in [-0.05, 0) is 18.6 Å². The van der Waals surface area contributed by atoms with E-state index in [-0.39, 0.29) is 4.90 Å². The van der Waals surface area contributed by atoms with Crippen molar-refractivity contribution >= 4 is 16.1 Å². The molecule has 30 heavy (non-hydrogen) atoms. The summed E-state index contributed by atoms with van der Waals surface area (Å²) in [6.45, 7) is 2.27. The number of rotatable bonds is 17. The summed E-state index contributed by atoms with van der Waals surface area (Å²) in [5.74, 6) is -0.653. The van der Waals surface area contributed by atoms with Crippen molar-refractivity contribution in [2.75, 3.05) is 0 Å². The van der Waals surface area contributed by atoms with E-state index >= 15 is 0 Å². The molecular formula is C24H42O5S. The fraction of sp³-hybridized carbons (Fsp3) is 0.708. The molecule has 174 valence electrons. The average molecular weight is 443 g/mol. The largest absolute Gasteiger partial charge is 0.481 e. The van der Waals surface area contributed by atoms with E-state index in [1.165, 1.54) is 95.6 Å². The molecule has 6 heteroatoms. The number of hydrogen-bond donors (Lipinski definition) is 2. The first kappa shape index (κ1) is 28.6. The van der Waals surface area contributed by atoms with Crippen LogP contribution < -0.4 is 0 Å². The summed E-state index contributed by atoms with van der Waals surface area (Å²) in [7, 11) is -4.00. The fourth-order valence-electron chi connectivity index (χ4n) is 3.24. The summed E-state index contributed by atoms with van der Waals surface area (Å²) in [4.78, 5) is 10.3. The van der Waals surface area contributed by atoms with Crippen molar-refractivity contribution in [1.82, 2.24) is 0 Å². The number of carbonyl (C=O) groups is 1. The predicted octanol–water partition coefficient (Wildman–Crippen LogP) is 7.27. The maximum Gasteiger partial charge on any atom is 0.303 e. The summed E-state index contributed by atoms with van der Waals surface area (Å²) in [6.07, 6.45) is 20.2. The maximum absolute atomic E-state index is 10.4. The van der Waals surface area contributed by atoms with Crippen LogP contribution in [0.4, 0.5) is 0 Å². The number of benzene rings is 1. The standard InChI is InChI=1S/C18H36O2.C6H6O3S/c1-2-3-4-5-6-7-8-9-10-11-12-13-14-15-16-17-18(19)20;7-10(8,9)6-4-2-1-3-5-6/h2-17H2,1H3,(H,19,20);1-5H,(H,7,8,9). The van der Waals surface area contributed by atoms with Crippen LogP contribution in [0.1, 0.15) is 110 Å². The van der Waals surface area contributed by atoms with Crippen LogP contribution >= 0.6 is 0 Å². The van der Waals surface area contributed by atoms with Crippen molar-refractivity contribution < 1.29 is 22.9 Å². The van der Waals surface area contributed by atoms with Gasteiger partial charge >= 0.3 is 5.97 Å². The molecule has 0 aliphatic carbocycles. The van der Waals surface area contributed by atoms with Gasteiger partial charge in [-0.25, -0.2) is 0 Å². The number of hydrogen-bond acceptors (Lipinski definition) is 3. The van der Waals surface area contributed by atoms with Crippen LogP contribution in [0.3, 0.4) is 0 Å². The van der Waals surface area contributed by atoms with Crippen molar-refractivity contribution in [2.24, 2.45) is 0 Å². The third kappa shape index (κ3) is 19.9. The van der Waals surface area contributed by atoms with Gasteiger partial charge in [0.05, 0.1) is 4.90 Å². The third-order valence-corrected chi connectivity index (χ3v) is 5.90. The molecule has 1 aromatic rings. The summed E-state index contributed by atoms with van der Waals surface area (Å²) < 4.78 is 29.2. The number of aliphatic carboxylic acids is 1. The molecule has 0 radical (unpaired) electrons. The first-order valence-electron chi connectivity index (χ1n) is 11.6. The van der Waals surface area contributed by atoms with Gasteiger partial charge in [0.25, 0.3) is 10.1 Å². The second-order valence-corrected chi connectivity index (χ2v) is 9.30. The third-order valence-electron chi connectivity index (χ3n) is 5.04. The Bertz CT molecular complexity index is 614. The van der Waals surface area contributed by atoms with Gasteiger partial charge < -0.3 is 5.11 Å². The monoisotopic (exact) mass is 442 g/mol. The van der Waals surface area contributed by atoms with E-state index in [1.807, 2.05) is 0 Å².